The van der Waals surface area contributed by atoms with Crippen LogP contribution >= 0.6 is 34.5 Å². The number of aromatic nitrogens is 1. The van der Waals surface area contributed by atoms with E-state index >= 15 is 0 Å². The van der Waals surface area contributed by atoms with Gasteiger partial charge in [0.1, 0.15) is 5.75 Å². The third-order valence-corrected chi connectivity index (χ3v) is 5.37. The lowest BCUT2D eigenvalue weighted by molar-refractivity contribution is 0.0735. The lowest BCUT2D eigenvalue weighted by Gasteiger charge is -2.16. The van der Waals surface area contributed by atoms with Crippen molar-refractivity contribution < 1.29 is 9.53 Å². The number of esters is 1. The summed E-state index contributed by atoms with van der Waals surface area (Å²) in [4.78, 5) is 19.1. The predicted octanol–water partition coefficient (Wildman–Crippen LogP) is 5.67. The molecule has 130 valence electrons. The van der Waals surface area contributed by atoms with Gasteiger partial charge in [-0.05, 0) is 44.2 Å². The van der Waals surface area contributed by atoms with Crippen LogP contribution in [0.4, 0.5) is 5.13 Å². The number of carbonyl (C=O) groups is 1. The van der Waals surface area contributed by atoms with E-state index in [1.54, 1.807) is 29.5 Å². The first-order chi connectivity index (χ1) is 12.0. The van der Waals surface area contributed by atoms with Crippen LogP contribution in [0.3, 0.4) is 0 Å². The number of ether oxygens (including phenoxy) is 1. The summed E-state index contributed by atoms with van der Waals surface area (Å²) < 4.78 is 6.42. The molecule has 0 unspecified atom stereocenters. The minimum absolute atomic E-state index is 0.264. The van der Waals surface area contributed by atoms with Gasteiger partial charge in [0.25, 0.3) is 0 Å². The highest BCUT2D eigenvalue weighted by Crippen LogP contribution is 2.32. The summed E-state index contributed by atoms with van der Waals surface area (Å²) >= 11 is 13.5. The summed E-state index contributed by atoms with van der Waals surface area (Å²) in [6.45, 7) is 5.98. The van der Waals surface area contributed by atoms with E-state index in [-0.39, 0.29) is 10.6 Å². The third kappa shape index (κ3) is 3.89. The van der Waals surface area contributed by atoms with Crippen LogP contribution in [0, 0.1) is 0 Å². The van der Waals surface area contributed by atoms with Gasteiger partial charge in [-0.25, -0.2) is 9.78 Å². The number of hydrogen-bond donors (Lipinski definition) is 0. The van der Waals surface area contributed by atoms with E-state index in [4.69, 9.17) is 27.9 Å². The van der Waals surface area contributed by atoms with Gasteiger partial charge in [-0.15, -0.1) is 0 Å². The van der Waals surface area contributed by atoms with E-state index in [2.05, 4.69) is 23.7 Å². The molecule has 3 aromatic rings. The van der Waals surface area contributed by atoms with E-state index in [0.29, 0.717) is 10.8 Å². The van der Waals surface area contributed by atoms with Crippen molar-refractivity contribution in [3.8, 4) is 5.75 Å². The maximum absolute atomic E-state index is 12.3. The molecule has 25 heavy (non-hydrogen) atoms. The van der Waals surface area contributed by atoms with Crippen molar-refractivity contribution in [3.63, 3.8) is 0 Å². The van der Waals surface area contributed by atoms with Crippen LogP contribution in [-0.2, 0) is 0 Å². The number of rotatable bonds is 5. The van der Waals surface area contributed by atoms with Gasteiger partial charge in [0.05, 0.1) is 20.8 Å². The van der Waals surface area contributed by atoms with Gasteiger partial charge in [0.2, 0.25) is 0 Å². The number of nitrogens with zero attached hydrogens (tertiary/aromatic N) is 2. The lowest BCUT2D eigenvalue weighted by Crippen LogP contribution is -2.21. The molecule has 7 heteroatoms. The normalized spacial score (nSPS) is 10.9. The molecule has 0 spiro atoms. The second-order valence-corrected chi connectivity index (χ2v) is 7.16. The van der Waals surface area contributed by atoms with Gasteiger partial charge >= 0.3 is 5.97 Å². The average Bonchev–Trinajstić information content (AvgIpc) is 2.98. The van der Waals surface area contributed by atoms with Crippen molar-refractivity contribution in [3.05, 3.63) is 52.0 Å². The van der Waals surface area contributed by atoms with Crippen molar-refractivity contribution in [1.29, 1.82) is 0 Å². The van der Waals surface area contributed by atoms with Gasteiger partial charge in [-0.1, -0.05) is 34.5 Å². The SMILES string of the molecule is CCN(CC)c1nc2ccc(OC(=O)c3ccc(Cl)cc3Cl)cc2s1. The minimum Gasteiger partial charge on any atom is -0.423 e. The van der Waals surface area contributed by atoms with Crippen LogP contribution in [0.15, 0.2) is 36.4 Å². The number of halogens is 2. The summed E-state index contributed by atoms with van der Waals surface area (Å²) in [5.41, 5.74) is 1.16. The molecule has 0 aliphatic rings. The summed E-state index contributed by atoms with van der Waals surface area (Å²) in [7, 11) is 0. The molecule has 4 nitrogen and oxygen atoms in total. The molecule has 1 heterocycles. The number of thiazole rings is 1. The number of benzene rings is 2. The molecule has 3 rings (SSSR count). The van der Waals surface area contributed by atoms with Gasteiger partial charge in [0.15, 0.2) is 5.13 Å². The fourth-order valence-corrected chi connectivity index (χ4v) is 4.01. The smallest absolute Gasteiger partial charge is 0.345 e. The topological polar surface area (TPSA) is 42.4 Å². The molecule has 0 aliphatic heterocycles. The van der Waals surface area contributed by atoms with Crippen molar-refractivity contribution in [2.75, 3.05) is 18.0 Å². The lowest BCUT2D eigenvalue weighted by atomic mass is 10.2. The molecule has 0 radical (unpaired) electrons. The molecule has 0 saturated carbocycles. The molecule has 0 bridgehead atoms. The molecule has 1 aromatic heterocycles. The molecule has 0 fully saturated rings. The van der Waals surface area contributed by atoms with Gasteiger partial charge in [0, 0.05) is 24.2 Å². The number of hydrogen-bond acceptors (Lipinski definition) is 5. The van der Waals surface area contributed by atoms with Gasteiger partial charge in [-0.2, -0.15) is 0 Å². The summed E-state index contributed by atoms with van der Waals surface area (Å²) in [6, 6.07) is 10.1. The zero-order chi connectivity index (χ0) is 18.0. The zero-order valence-electron chi connectivity index (χ0n) is 13.8. The Balaban J connectivity index is 1.85. The van der Waals surface area contributed by atoms with Gasteiger partial charge in [-0.3, -0.25) is 0 Å². The van der Waals surface area contributed by atoms with E-state index in [9.17, 15) is 4.79 Å². The van der Waals surface area contributed by atoms with Crippen molar-refractivity contribution >= 4 is 55.9 Å². The van der Waals surface area contributed by atoms with E-state index in [1.165, 1.54) is 6.07 Å². The van der Waals surface area contributed by atoms with Crippen molar-refractivity contribution in [2.24, 2.45) is 0 Å². The monoisotopic (exact) mass is 394 g/mol. The Kier molecular flexibility index (Phi) is 5.47. The van der Waals surface area contributed by atoms with Crippen LogP contribution in [0.25, 0.3) is 10.2 Å². The van der Waals surface area contributed by atoms with Gasteiger partial charge < -0.3 is 9.64 Å². The van der Waals surface area contributed by atoms with Crippen LogP contribution in [-0.4, -0.2) is 24.0 Å². The molecule has 0 atom stereocenters. The maximum atomic E-state index is 12.3. The number of anilines is 1. The quantitative estimate of drug-likeness (QED) is 0.413. The number of carbonyl (C=O) groups excluding carboxylic acids is 1. The summed E-state index contributed by atoms with van der Waals surface area (Å²) in [5.74, 6) is -0.0623. The molecule has 0 amide bonds. The molecule has 0 saturated heterocycles. The Morgan fingerprint density at radius 1 is 1.16 bits per heavy atom. The van der Waals surface area contributed by atoms with Crippen LogP contribution in [0.1, 0.15) is 24.2 Å². The first-order valence-corrected chi connectivity index (χ1v) is 9.41. The van der Waals surface area contributed by atoms with E-state index < -0.39 is 5.97 Å². The molecule has 2 aromatic carbocycles. The second kappa shape index (κ2) is 7.60. The summed E-state index contributed by atoms with van der Waals surface area (Å²) in [5, 5.41) is 1.70. The van der Waals surface area contributed by atoms with Crippen LogP contribution < -0.4 is 9.64 Å². The Hall–Kier alpha value is -1.82. The Morgan fingerprint density at radius 3 is 2.60 bits per heavy atom. The van der Waals surface area contributed by atoms with Crippen LogP contribution in [0.5, 0.6) is 5.75 Å². The van der Waals surface area contributed by atoms with E-state index in [1.807, 2.05) is 12.1 Å². The Morgan fingerprint density at radius 2 is 1.92 bits per heavy atom. The Bertz CT molecular complexity index is 923. The second-order valence-electron chi connectivity index (χ2n) is 5.31. The largest absolute Gasteiger partial charge is 0.423 e. The van der Waals surface area contributed by atoms with Crippen LogP contribution in [0.2, 0.25) is 10.0 Å². The average molecular weight is 395 g/mol. The van der Waals surface area contributed by atoms with Crippen molar-refractivity contribution in [1.82, 2.24) is 4.98 Å². The third-order valence-electron chi connectivity index (χ3n) is 3.74. The fraction of sp³-hybridized carbons (Fsp3) is 0.222. The highest BCUT2D eigenvalue weighted by molar-refractivity contribution is 7.22. The fourth-order valence-electron chi connectivity index (χ4n) is 2.40. The first-order valence-electron chi connectivity index (χ1n) is 7.84. The summed E-state index contributed by atoms with van der Waals surface area (Å²) in [6.07, 6.45) is 0. The molecule has 0 N–H and O–H groups in total. The zero-order valence-corrected chi connectivity index (χ0v) is 16.1. The minimum atomic E-state index is -0.519. The maximum Gasteiger partial charge on any atom is 0.345 e. The first kappa shape index (κ1) is 18.0. The predicted molar refractivity (Wildman–Crippen MR) is 105 cm³/mol. The Labute approximate surface area is 159 Å². The highest BCUT2D eigenvalue weighted by atomic mass is 35.5. The highest BCUT2D eigenvalue weighted by Gasteiger charge is 2.15. The standard InChI is InChI=1S/C18H16Cl2N2O2S/c1-3-22(4-2)18-21-15-8-6-12(10-16(15)25-18)24-17(23)13-7-5-11(19)9-14(13)20/h5-10H,3-4H2,1-2H3. The van der Waals surface area contributed by atoms with Crippen molar-refractivity contribution in [2.45, 2.75) is 13.8 Å². The number of fused-ring (bicyclic) bond motifs is 1. The molecule has 0 aliphatic carbocycles. The molecular formula is C18H16Cl2N2O2S. The molecular weight excluding hydrogens is 379 g/mol. The van der Waals surface area contributed by atoms with E-state index in [0.717, 1.165) is 28.4 Å².